The second-order valence-electron chi connectivity index (χ2n) is 3.90. The van der Waals surface area contributed by atoms with E-state index >= 15 is 0 Å². The monoisotopic (exact) mass is 301 g/mol. The van der Waals surface area contributed by atoms with Gasteiger partial charge in [0.05, 0.1) is 12.6 Å². The van der Waals surface area contributed by atoms with Crippen molar-refractivity contribution >= 4 is 28.9 Å². The largest absolute Gasteiger partial charge is 0.461 e. The van der Waals surface area contributed by atoms with Crippen molar-refractivity contribution in [3.8, 4) is 6.01 Å². The van der Waals surface area contributed by atoms with Crippen LogP contribution in [0.5, 0.6) is 6.01 Å². The van der Waals surface area contributed by atoms with Crippen LogP contribution in [0.4, 0.5) is 5.95 Å². The van der Waals surface area contributed by atoms with Gasteiger partial charge in [0.25, 0.3) is 0 Å². The Labute approximate surface area is 118 Å². The molecule has 0 spiro atoms. The maximum atomic E-state index is 11.0. The number of nitrogens with zero attached hydrogens (tertiary/aromatic N) is 3. The third-order valence-corrected chi connectivity index (χ3v) is 2.82. The van der Waals surface area contributed by atoms with Gasteiger partial charge in [-0.05, 0) is 25.4 Å². The summed E-state index contributed by atoms with van der Waals surface area (Å²) in [7, 11) is 0. The van der Waals surface area contributed by atoms with Crippen molar-refractivity contribution in [3.05, 3.63) is 26.0 Å². The highest BCUT2D eigenvalue weighted by molar-refractivity contribution is 7.07. The van der Waals surface area contributed by atoms with Crippen molar-refractivity contribution in [2.24, 2.45) is 0 Å². The number of thiazole rings is 1. The van der Waals surface area contributed by atoms with Crippen LogP contribution in [0.3, 0.4) is 0 Å². The summed E-state index contributed by atoms with van der Waals surface area (Å²) in [6.07, 6.45) is -0.0560. The molecular weight excluding hydrogens is 290 g/mol. The van der Waals surface area contributed by atoms with Gasteiger partial charge in [0, 0.05) is 11.1 Å². The minimum absolute atomic E-state index is 0.0481. The third kappa shape index (κ3) is 4.18. The average Bonchev–Trinajstić information content (AvgIpc) is 2.71. The SMILES string of the molecule is CC(C)Oc1nc(Cl)nc(NCc2csc(=O)[nH]2)n1. The predicted molar refractivity (Wildman–Crippen MR) is 72.9 cm³/mol. The molecule has 2 heterocycles. The molecule has 0 unspecified atom stereocenters. The van der Waals surface area contributed by atoms with Crippen molar-refractivity contribution < 1.29 is 4.74 Å². The van der Waals surface area contributed by atoms with Crippen LogP contribution in [0.1, 0.15) is 19.5 Å². The van der Waals surface area contributed by atoms with Crippen LogP contribution in [0.2, 0.25) is 5.28 Å². The molecule has 2 aromatic heterocycles. The predicted octanol–water partition coefficient (Wildman–Crippen LogP) is 1.67. The number of H-pyrrole nitrogens is 1. The molecule has 19 heavy (non-hydrogen) atoms. The Bertz CT molecular complexity index is 612. The molecule has 0 saturated carbocycles. The first-order valence-corrected chi connectivity index (χ1v) is 6.77. The Balaban J connectivity index is 2.07. The van der Waals surface area contributed by atoms with Crippen molar-refractivity contribution in [2.75, 3.05) is 5.32 Å². The van der Waals surface area contributed by atoms with Crippen LogP contribution in [0.15, 0.2) is 10.2 Å². The summed E-state index contributed by atoms with van der Waals surface area (Å²) in [6, 6.07) is 0.163. The van der Waals surface area contributed by atoms with Gasteiger partial charge in [-0.25, -0.2) is 0 Å². The molecule has 0 radical (unpaired) electrons. The van der Waals surface area contributed by atoms with Crippen molar-refractivity contribution in [2.45, 2.75) is 26.5 Å². The normalized spacial score (nSPS) is 10.7. The molecular formula is C10H12ClN5O2S. The van der Waals surface area contributed by atoms with Gasteiger partial charge < -0.3 is 15.0 Å². The number of halogens is 1. The molecule has 0 aliphatic rings. The van der Waals surface area contributed by atoms with Gasteiger partial charge in [-0.15, -0.1) is 0 Å². The van der Waals surface area contributed by atoms with Crippen molar-refractivity contribution in [1.82, 2.24) is 19.9 Å². The van der Waals surface area contributed by atoms with Crippen molar-refractivity contribution in [1.29, 1.82) is 0 Å². The molecule has 102 valence electrons. The molecule has 9 heteroatoms. The maximum absolute atomic E-state index is 11.0. The number of rotatable bonds is 5. The van der Waals surface area contributed by atoms with E-state index in [1.54, 1.807) is 5.38 Å². The summed E-state index contributed by atoms with van der Waals surface area (Å²) >= 11 is 6.88. The fraction of sp³-hybridized carbons (Fsp3) is 0.400. The van der Waals surface area contributed by atoms with Gasteiger partial charge in [-0.1, -0.05) is 11.3 Å². The van der Waals surface area contributed by atoms with E-state index in [2.05, 4.69) is 25.3 Å². The van der Waals surface area contributed by atoms with Gasteiger partial charge in [-0.3, -0.25) is 4.79 Å². The van der Waals surface area contributed by atoms with Crippen LogP contribution in [0, 0.1) is 0 Å². The highest BCUT2D eigenvalue weighted by Gasteiger charge is 2.08. The standard InChI is InChI=1S/C10H12ClN5O2S/c1-5(2)18-9-15-7(11)14-8(16-9)12-3-6-4-19-10(17)13-6/h4-5H,3H2,1-2H3,(H,13,17)(H,12,14,15,16). The quantitative estimate of drug-likeness (QED) is 0.872. The minimum atomic E-state index is -0.102. The van der Waals surface area contributed by atoms with Crippen LogP contribution in [0.25, 0.3) is 0 Å². The van der Waals surface area contributed by atoms with E-state index in [1.807, 2.05) is 13.8 Å². The number of anilines is 1. The minimum Gasteiger partial charge on any atom is -0.461 e. The summed E-state index contributed by atoms with van der Waals surface area (Å²) in [5.74, 6) is 0.294. The lowest BCUT2D eigenvalue weighted by atomic mass is 10.5. The van der Waals surface area contributed by atoms with E-state index < -0.39 is 0 Å². The highest BCUT2D eigenvalue weighted by Crippen LogP contribution is 2.13. The summed E-state index contributed by atoms with van der Waals surface area (Å²) in [5, 5.41) is 4.71. The fourth-order valence-corrected chi connectivity index (χ4v) is 1.98. The van der Waals surface area contributed by atoms with Crippen molar-refractivity contribution in [3.63, 3.8) is 0 Å². The molecule has 0 atom stereocenters. The number of hydrogen-bond acceptors (Lipinski definition) is 7. The van der Waals surface area contributed by atoms with E-state index in [-0.39, 0.29) is 22.3 Å². The number of aromatic nitrogens is 4. The van der Waals surface area contributed by atoms with Gasteiger partial charge in [0.15, 0.2) is 0 Å². The molecule has 7 nitrogen and oxygen atoms in total. The summed E-state index contributed by atoms with van der Waals surface area (Å²) in [4.78, 5) is 25.4. The zero-order chi connectivity index (χ0) is 13.8. The first-order valence-electron chi connectivity index (χ1n) is 5.51. The van der Waals surface area contributed by atoms with E-state index in [0.717, 1.165) is 17.0 Å². The van der Waals surface area contributed by atoms with Gasteiger partial charge in [0.1, 0.15) is 0 Å². The number of aromatic amines is 1. The molecule has 2 rings (SSSR count). The Morgan fingerprint density at radius 3 is 2.89 bits per heavy atom. The zero-order valence-corrected chi connectivity index (χ0v) is 11.9. The first-order chi connectivity index (χ1) is 9.02. The maximum Gasteiger partial charge on any atom is 0.322 e. The molecule has 0 amide bonds. The second-order valence-corrected chi connectivity index (χ2v) is 5.08. The van der Waals surface area contributed by atoms with Gasteiger partial charge >= 0.3 is 10.9 Å². The molecule has 0 saturated heterocycles. The average molecular weight is 302 g/mol. The molecule has 2 aromatic rings. The second kappa shape index (κ2) is 5.98. The lowest BCUT2D eigenvalue weighted by Gasteiger charge is -2.09. The molecule has 0 aliphatic carbocycles. The molecule has 0 fully saturated rings. The van der Waals surface area contributed by atoms with E-state index in [4.69, 9.17) is 16.3 Å². The van der Waals surface area contributed by atoms with E-state index in [9.17, 15) is 4.79 Å². The smallest absolute Gasteiger partial charge is 0.322 e. The van der Waals surface area contributed by atoms with E-state index in [1.165, 1.54) is 0 Å². The van der Waals surface area contributed by atoms with Gasteiger partial charge in [0.2, 0.25) is 11.2 Å². The van der Waals surface area contributed by atoms with Crippen LogP contribution >= 0.6 is 22.9 Å². The van der Waals surface area contributed by atoms with Crippen LogP contribution < -0.4 is 14.9 Å². The summed E-state index contributed by atoms with van der Waals surface area (Å²) in [5.41, 5.74) is 0.748. The molecule has 2 N–H and O–H groups in total. The van der Waals surface area contributed by atoms with E-state index in [0.29, 0.717) is 12.5 Å². The van der Waals surface area contributed by atoms with Crippen LogP contribution in [-0.2, 0) is 6.54 Å². The molecule has 0 bridgehead atoms. The summed E-state index contributed by atoms with van der Waals surface area (Å²) < 4.78 is 5.35. The fourth-order valence-electron chi connectivity index (χ4n) is 1.25. The first kappa shape index (κ1) is 13.8. The lowest BCUT2D eigenvalue weighted by molar-refractivity contribution is 0.222. The highest BCUT2D eigenvalue weighted by atomic mass is 35.5. The third-order valence-electron chi connectivity index (χ3n) is 1.94. The lowest BCUT2D eigenvalue weighted by Crippen LogP contribution is -2.11. The Kier molecular flexibility index (Phi) is 4.33. The van der Waals surface area contributed by atoms with Gasteiger partial charge in [-0.2, -0.15) is 15.0 Å². The van der Waals surface area contributed by atoms with Crippen LogP contribution in [-0.4, -0.2) is 26.0 Å². The number of nitrogens with one attached hydrogen (secondary N) is 2. The summed E-state index contributed by atoms with van der Waals surface area (Å²) in [6.45, 7) is 4.11. The Morgan fingerprint density at radius 1 is 1.47 bits per heavy atom. The molecule has 0 aromatic carbocycles. The number of hydrogen-bond donors (Lipinski definition) is 2. The topological polar surface area (TPSA) is 92.8 Å². The Morgan fingerprint density at radius 2 is 2.26 bits per heavy atom. The molecule has 0 aliphatic heterocycles. The zero-order valence-electron chi connectivity index (χ0n) is 10.3. The Hall–Kier alpha value is -1.67. The number of ether oxygens (including phenoxy) is 1.